The lowest BCUT2D eigenvalue weighted by molar-refractivity contribution is -0.139. The van der Waals surface area contributed by atoms with Crippen LogP contribution in [0.2, 0.25) is 0 Å². The zero-order chi connectivity index (χ0) is 15.8. The molecular weight excluding hydrogens is 276 g/mol. The summed E-state index contributed by atoms with van der Waals surface area (Å²) in [6, 6.07) is 4.95. The monoisotopic (exact) mass is 296 g/mol. The molecule has 0 bridgehead atoms. The van der Waals surface area contributed by atoms with Gasteiger partial charge in [0.15, 0.2) is 0 Å². The summed E-state index contributed by atoms with van der Waals surface area (Å²) in [5, 5.41) is 22.4. The summed E-state index contributed by atoms with van der Waals surface area (Å²) in [5.41, 5.74) is 0.511. The largest absolute Gasteiger partial charge is 0.491 e. The number of aliphatic hydroxyl groups is 1. The lowest BCUT2D eigenvalue weighted by atomic mass is 10.2. The molecule has 7 nitrogen and oxygen atoms in total. The molecule has 1 rings (SSSR count). The Morgan fingerprint density at radius 3 is 2.33 bits per heavy atom. The number of hydrogen-bond acceptors (Lipinski definition) is 4. The van der Waals surface area contributed by atoms with Crippen molar-refractivity contribution in [1.82, 2.24) is 5.32 Å². The number of carboxylic acid groups (broad SMARTS) is 1. The Hall–Kier alpha value is -2.28. The van der Waals surface area contributed by atoms with Gasteiger partial charge in [0.1, 0.15) is 11.8 Å². The number of urea groups is 1. The van der Waals surface area contributed by atoms with Crippen molar-refractivity contribution in [1.29, 1.82) is 0 Å². The number of rotatable bonds is 7. The van der Waals surface area contributed by atoms with Gasteiger partial charge < -0.3 is 25.6 Å². The Bertz CT molecular complexity index is 473. The highest BCUT2D eigenvalue weighted by molar-refractivity contribution is 5.92. The molecule has 7 heteroatoms. The molecule has 0 saturated heterocycles. The second kappa shape index (κ2) is 8.11. The summed E-state index contributed by atoms with van der Waals surface area (Å²) in [6.07, 6.45) is 0.00566. The summed E-state index contributed by atoms with van der Waals surface area (Å²) < 4.78 is 5.47. The van der Waals surface area contributed by atoms with E-state index in [2.05, 4.69) is 10.6 Å². The summed E-state index contributed by atoms with van der Waals surface area (Å²) in [5.74, 6) is -0.514. The van der Waals surface area contributed by atoms with Crippen LogP contribution in [0.15, 0.2) is 24.3 Å². The van der Waals surface area contributed by atoms with E-state index in [1.54, 1.807) is 24.3 Å². The number of carbonyl (C=O) groups excluding carboxylic acids is 1. The first kappa shape index (κ1) is 16.8. The van der Waals surface area contributed by atoms with E-state index in [1.807, 2.05) is 13.8 Å². The standard InChI is InChI=1S/C14H20N2O5/c1-9(2)21-11-5-3-10(4-6-11)15-14(20)16-12(7-8-17)13(18)19/h3-6,9,12,17H,7-8H2,1-2H3,(H,18,19)(H2,15,16,20)/t12-/m0/s1. The van der Waals surface area contributed by atoms with Crippen LogP contribution in [-0.4, -0.2) is 41.0 Å². The normalized spacial score (nSPS) is 11.8. The predicted octanol–water partition coefficient (Wildman–Crippen LogP) is 1.43. The molecule has 4 N–H and O–H groups in total. The quantitative estimate of drug-likeness (QED) is 0.609. The van der Waals surface area contributed by atoms with Crippen LogP contribution in [0.3, 0.4) is 0 Å². The van der Waals surface area contributed by atoms with Crippen LogP contribution < -0.4 is 15.4 Å². The van der Waals surface area contributed by atoms with Gasteiger partial charge in [-0.3, -0.25) is 0 Å². The van der Waals surface area contributed by atoms with Crippen molar-refractivity contribution in [2.75, 3.05) is 11.9 Å². The van der Waals surface area contributed by atoms with Crippen LogP contribution >= 0.6 is 0 Å². The second-order valence-electron chi connectivity index (χ2n) is 4.69. The van der Waals surface area contributed by atoms with Gasteiger partial charge in [0.25, 0.3) is 0 Å². The number of aliphatic carboxylic acids is 1. The maximum absolute atomic E-state index is 11.7. The lowest BCUT2D eigenvalue weighted by Gasteiger charge is -2.14. The van der Waals surface area contributed by atoms with Gasteiger partial charge in [-0.05, 0) is 38.1 Å². The zero-order valence-electron chi connectivity index (χ0n) is 12.0. The van der Waals surface area contributed by atoms with Crippen molar-refractivity contribution in [3.05, 3.63) is 24.3 Å². The van der Waals surface area contributed by atoms with Crippen LogP contribution in [0.4, 0.5) is 10.5 Å². The molecule has 0 aliphatic rings. The molecule has 21 heavy (non-hydrogen) atoms. The summed E-state index contributed by atoms with van der Waals surface area (Å²) in [6.45, 7) is 3.50. The number of nitrogens with one attached hydrogen (secondary N) is 2. The van der Waals surface area contributed by atoms with Crippen LogP contribution in [0, 0.1) is 0 Å². The highest BCUT2D eigenvalue weighted by Gasteiger charge is 2.19. The van der Waals surface area contributed by atoms with Gasteiger partial charge in [0.2, 0.25) is 0 Å². The van der Waals surface area contributed by atoms with E-state index in [9.17, 15) is 9.59 Å². The molecule has 0 aliphatic heterocycles. The maximum atomic E-state index is 11.7. The molecule has 0 unspecified atom stereocenters. The summed E-state index contributed by atoms with van der Waals surface area (Å²) in [4.78, 5) is 22.5. The van der Waals surface area contributed by atoms with Gasteiger partial charge in [-0.1, -0.05) is 0 Å². The molecule has 0 aromatic heterocycles. The number of ether oxygens (including phenoxy) is 1. The Kier molecular flexibility index (Phi) is 6.48. The third-order valence-corrected chi connectivity index (χ3v) is 2.51. The van der Waals surface area contributed by atoms with E-state index in [4.69, 9.17) is 14.9 Å². The maximum Gasteiger partial charge on any atom is 0.326 e. The van der Waals surface area contributed by atoms with Crippen molar-refractivity contribution < 1.29 is 24.5 Å². The van der Waals surface area contributed by atoms with Gasteiger partial charge in [-0.2, -0.15) is 0 Å². The SMILES string of the molecule is CC(C)Oc1ccc(NC(=O)N[C@@H](CCO)C(=O)O)cc1. The van der Waals surface area contributed by atoms with Crippen molar-refractivity contribution in [2.24, 2.45) is 0 Å². The fraction of sp³-hybridized carbons (Fsp3) is 0.429. The first-order chi connectivity index (χ1) is 9.92. The van der Waals surface area contributed by atoms with E-state index in [1.165, 1.54) is 0 Å². The van der Waals surface area contributed by atoms with Crippen molar-refractivity contribution in [2.45, 2.75) is 32.4 Å². The Balaban J connectivity index is 2.56. The molecule has 116 valence electrons. The molecule has 0 aliphatic carbocycles. The molecule has 1 aromatic rings. The Labute approximate surface area is 122 Å². The van der Waals surface area contributed by atoms with Crippen LogP contribution in [0.5, 0.6) is 5.75 Å². The number of carbonyl (C=O) groups is 2. The van der Waals surface area contributed by atoms with Crippen molar-refractivity contribution in [3.63, 3.8) is 0 Å². The molecule has 0 heterocycles. The first-order valence-corrected chi connectivity index (χ1v) is 6.60. The molecule has 1 aromatic carbocycles. The minimum absolute atomic E-state index is 0.0517. The number of hydrogen-bond donors (Lipinski definition) is 4. The number of anilines is 1. The number of carboxylic acids is 1. The Morgan fingerprint density at radius 2 is 1.86 bits per heavy atom. The van der Waals surface area contributed by atoms with Gasteiger partial charge in [-0.25, -0.2) is 9.59 Å². The average molecular weight is 296 g/mol. The smallest absolute Gasteiger partial charge is 0.326 e. The average Bonchev–Trinajstić information content (AvgIpc) is 2.40. The van der Waals surface area contributed by atoms with Gasteiger partial charge in [0, 0.05) is 18.7 Å². The van der Waals surface area contributed by atoms with Crippen LogP contribution in [0.1, 0.15) is 20.3 Å². The minimum atomic E-state index is -1.19. The molecular formula is C14H20N2O5. The van der Waals surface area contributed by atoms with E-state index in [-0.39, 0.29) is 19.1 Å². The van der Waals surface area contributed by atoms with E-state index >= 15 is 0 Å². The fourth-order valence-corrected chi connectivity index (χ4v) is 1.60. The first-order valence-electron chi connectivity index (χ1n) is 6.60. The summed E-state index contributed by atoms with van der Waals surface area (Å²) >= 11 is 0. The molecule has 0 fully saturated rings. The minimum Gasteiger partial charge on any atom is -0.491 e. The molecule has 2 amide bonds. The number of amides is 2. The number of aliphatic hydroxyl groups excluding tert-OH is 1. The van der Waals surface area contributed by atoms with E-state index in [0.717, 1.165) is 0 Å². The van der Waals surface area contributed by atoms with Crippen molar-refractivity contribution >= 4 is 17.7 Å². The van der Waals surface area contributed by atoms with Gasteiger partial charge in [0.05, 0.1) is 6.10 Å². The molecule has 1 atom stereocenters. The topological polar surface area (TPSA) is 108 Å². The third kappa shape index (κ3) is 6.13. The fourth-order valence-electron chi connectivity index (χ4n) is 1.60. The summed E-state index contributed by atoms with van der Waals surface area (Å²) in [7, 11) is 0. The van der Waals surface area contributed by atoms with Crippen LogP contribution in [-0.2, 0) is 4.79 Å². The highest BCUT2D eigenvalue weighted by Crippen LogP contribution is 2.16. The van der Waals surface area contributed by atoms with Crippen LogP contribution in [0.25, 0.3) is 0 Å². The van der Waals surface area contributed by atoms with Gasteiger partial charge >= 0.3 is 12.0 Å². The molecule has 0 radical (unpaired) electrons. The second-order valence-corrected chi connectivity index (χ2v) is 4.69. The zero-order valence-corrected chi connectivity index (χ0v) is 12.0. The number of benzene rings is 1. The molecule has 0 saturated carbocycles. The van der Waals surface area contributed by atoms with Crippen molar-refractivity contribution in [3.8, 4) is 5.75 Å². The third-order valence-electron chi connectivity index (χ3n) is 2.51. The molecule has 0 spiro atoms. The van der Waals surface area contributed by atoms with E-state index in [0.29, 0.717) is 11.4 Å². The predicted molar refractivity (Wildman–Crippen MR) is 77.5 cm³/mol. The highest BCUT2D eigenvalue weighted by atomic mass is 16.5. The van der Waals surface area contributed by atoms with E-state index < -0.39 is 18.0 Å². The Morgan fingerprint density at radius 1 is 1.24 bits per heavy atom. The lowest BCUT2D eigenvalue weighted by Crippen LogP contribution is -2.43. The van der Waals surface area contributed by atoms with Gasteiger partial charge in [-0.15, -0.1) is 0 Å².